The predicted octanol–water partition coefficient (Wildman–Crippen LogP) is 3.06. The Morgan fingerprint density at radius 2 is 2.20 bits per heavy atom. The van der Waals surface area contributed by atoms with Gasteiger partial charge in [-0.05, 0) is 30.2 Å². The lowest BCUT2D eigenvalue weighted by atomic mass is 10.0. The van der Waals surface area contributed by atoms with Crippen LogP contribution in [0.15, 0.2) is 42.7 Å². The molecule has 2 heterocycles. The monoisotopic (exact) mass is 266 g/mol. The first-order chi connectivity index (χ1) is 9.69. The van der Waals surface area contributed by atoms with Gasteiger partial charge >= 0.3 is 0 Å². The molecule has 3 rings (SSSR count). The number of carbonyl (C=O) groups excluding carboxylic acids is 1. The molecular formula is C16H14N2O2. The van der Waals surface area contributed by atoms with Crippen molar-refractivity contribution < 1.29 is 9.90 Å². The van der Waals surface area contributed by atoms with Crippen LogP contribution in [0.4, 0.5) is 0 Å². The highest BCUT2D eigenvalue weighted by molar-refractivity contribution is 6.16. The van der Waals surface area contributed by atoms with Crippen molar-refractivity contribution in [3.05, 3.63) is 59.4 Å². The maximum Gasteiger partial charge on any atom is 0.195 e. The fourth-order valence-corrected chi connectivity index (χ4v) is 2.23. The van der Waals surface area contributed by atoms with Crippen LogP contribution in [-0.2, 0) is 6.42 Å². The summed E-state index contributed by atoms with van der Waals surface area (Å²) in [4.78, 5) is 19.8. The highest BCUT2D eigenvalue weighted by atomic mass is 16.3. The van der Waals surface area contributed by atoms with Gasteiger partial charge in [-0.2, -0.15) is 0 Å². The van der Waals surface area contributed by atoms with Gasteiger partial charge in [0.2, 0.25) is 0 Å². The first kappa shape index (κ1) is 12.4. The maximum atomic E-state index is 12.5. The molecule has 0 saturated heterocycles. The predicted molar refractivity (Wildman–Crippen MR) is 77.0 cm³/mol. The maximum absolute atomic E-state index is 12.5. The van der Waals surface area contributed by atoms with Gasteiger partial charge in [0.25, 0.3) is 0 Å². The lowest BCUT2D eigenvalue weighted by Gasteiger charge is -2.01. The summed E-state index contributed by atoms with van der Waals surface area (Å²) < 4.78 is 0. The largest absolute Gasteiger partial charge is 0.508 e. The summed E-state index contributed by atoms with van der Waals surface area (Å²) in [5.74, 6) is -0.0368. The van der Waals surface area contributed by atoms with E-state index in [1.165, 1.54) is 6.07 Å². The lowest BCUT2D eigenvalue weighted by molar-refractivity contribution is 0.104. The number of ketones is 1. The molecule has 0 amide bonds. The number of aryl methyl sites for hydroxylation is 1. The fraction of sp³-hybridized carbons (Fsp3) is 0.125. The molecule has 0 aliphatic carbocycles. The summed E-state index contributed by atoms with van der Waals surface area (Å²) in [5, 5.41) is 10.3. The minimum absolute atomic E-state index is 0.0862. The van der Waals surface area contributed by atoms with Gasteiger partial charge in [0.15, 0.2) is 5.78 Å². The first-order valence-electron chi connectivity index (χ1n) is 6.48. The van der Waals surface area contributed by atoms with E-state index in [4.69, 9.17) is 0 Å². The van der Waals surface area contributed by atoms with Gasteiger partial charge in [-0.3, -0.25) is 4.79 Å². The molecule has 4 nitrogen and oxygen atoms in total. The van der Waals surface area contributed by atoms with Crippen molar-refractivity contribution in [2.75, 3.05) is 0 Å². The third kappa shape index (κ3) is 2.05. The molecule has 0 saturated carbocycles. The minimum Gasteiger partial charge on any atom is -0.508 e. The number of H-pyrrole nitrogens is 1. The summed E-state index contributed by atoms with van der Waals surface area (Å²) in [6.07, 6.45) is 4.35. The van der Waals surface area contributed by atoms with Gasteiger partial charge < -0.3 is 10.1 Å². The Hall–Kier alpha value is -2.62. The molecule has 4 heteroatoms. The average molecular weight is 266 g/mol. The van der Waals surface area contributed by atoms with E-state index >= 15 is 0 Å². The molecule has 100 valence electrons. The summed E-state index contributed by atoms with van der Waals surface area (Å²) >= 11 is 0. The topological polar surface area (TPSA) is 66.0 Å². The Kier molecular flexibility index (Phi) is 2.99. The van der Waals surface area contributed by atoms with Gasteiger partial charge in [-0.15, -0.1) is 0 Å². The van der Waals surface area contributed by atoms with Gasteiger partial charge in [0, 0.05) is 28.9 Å². The molecular weight excluding hydrogens is 252 g/mol. The van der Waals surface area contributed by atoms with E-state index in [1.54, 1.807) is 30.6 Å². The van der Waals surface area contributed by atoms with Crippen LogP contribution in [0, 0.1) is 0 Å². The third-order valence-electron chi connectivity index (χ3n) is 3.35. The number of aromatic amines is 1. The standard InChI is InChI=1S/C16H14N2O2/c1-2-10-6-13-14(9-18-16(13)17-8-10)15(20)11-4-3-5-12(19)7-11/h3-9,19H,2H2,1H3,(H,17,18). The molecule has 2 N–H and O–H groups in total. The quantitative estimate of drug-likeness (QED) is 0.716. The lowest BCUT2D eigenvalue weighted by Crippen LogP contribution is -2.00. The van der Waals surface area contributed by atoms with E-state index < -0.39 is 0 Å². The van der Waals surface area contributed by atoms with Crippen molar-refractivity contribution in [2.45, 2.75) is 13.3 Å². The number of nitrogens with one attached hydrogen (secondary N) is 1. The second-order valence-corrected chi connectivity index (χ2v) is 4.68. The number of fused-ring (bicyclic) bond motifs is 1. The van der Waals surface area contributed by atoms with Gasteiger partial charge in [-0.1, -0.05) is 19.1 Å². The summed E-state index contributed by atoms with van der Waals surface area (Å²) in [6.45, 7) is 2.05. The highest BCUT2D eigenvalue weighted by Gasteiger charge is 2.15. The molecule has 1 aromatic carbocycles. The van der Waals surface area contributed by atoms with Crippen molar-refractivity contribution in [3.63, 3.8) is 0 Å². The van der Waals surface area contributed by atoms with Gasteiger partial charge in [0.05, 0.1) is 0 Å². The number of benzene rings is 1. The Morgan fingerprint density at radius 3 is 2.95 bits per heavy atom. The van der Waals surface area contributed by atoms with Gasteiger partial charge in [0.1, 0.15) is 11.4 Å². The Morgan fingerprint density at radius 1 is 1.35 bits per heavy atom. The van der Waals surface area contributed by atoms with E-state index in [1.807, 2.05) is 13.0 Å². The zero-order valence-corrected chi connectivity index (χ0v) is 11.1. The van der Waals surface area contributed by atoms with Crippen LogP contribution >= 0.6 is 0 Å². The molecule has 0 radical (unpaired) electrons. The molecule has 2 aromatic heterocycles. The van der Waals surface area contributed by atoms with E-state index in [0.29, 0.717) is 16.8 Å². The molecule has 0 bridgehead atoms. The van der Waals surface area contributed by atoms with Crippen LogP contribution < -0.4 is 0 Å². The van der Waals surface area contributed by atoms with Crippen LogP contribution in [-0.4, -0.2) is 20.9 Å². The van der Waals surface area contributed by atoms with E-state index in [2.05, 4.69) is 9.97 Å². The third-order valence-corrected chi connectivity index (χ3v) is 3.35. The van der Waals surface area contributed by atoms with Crippen LogP contribution in [0.3, 0.4) is 0 Å². The number of hydrogen-bond donors (Lipinski definition) is 2. The van der Waals surface area contributed by atoms with Crippen LogP contribution in [0.5, 0.6) is 5.75 Å². The number of hydrogen-bond acceptors (Lipinski definition) is 3. The number of carbonyl (C=O) groups is 1. The van der Waals surface area contributed by atoms with Crippen LogP contribution in [0.1, 0.15) is 28.4 Å². The minimum atomic E-state index is -0.123. The van der Waals surface area contributed by atoms with Crippen molar-refractivity contribution >= 4 is 16.8 Å². The molecule has 0 fully saturated rings. The summed E-state index contributed by atoms with van der Waals surface area (Å²) in [7, 11) is 0. The molecule has 20 heavy (non-hydrogen) atoms. The van der Waals surface area contributed by atoms with Crippen molar-refractivity contribution in [1.29, 1.82) is 0 Å². The number of aromatic nitrogens is 2. The molecule has 0 unspecified atom stereocenters. The zero-order valence-electron chi connectivity index (χ0n) is 11.1. The number of nitrogens with zero attached hydrogens (tertiary/aromatic N) is 1. The SMILES string of the molecule is CCc1cnc2[nH]cc(C(=O)c3cccc(O)c3)c2c1. The second-order valence-electron chi connectivity index (χ2n) is 4.68. The summed E-state index contributed by atoms with van der Waals surface area (Å²) in [6, 6.07) is 8.35. The summed E-state index contributed by atoms with van der Waals surface area (Å²) in [5.41, 5.74) is 2.83. The number of aromatic hydroxyl groups is 1. The molecule has 0 aliphatic heterocycles. The first-order valence-corrected chi connectivity index (χ1v) is 6.48. The molecule has 0 atom stereocenters. The number of rotatable bonds is 3. The zero-order chi connectivity index (χ0) is 14.1. The van der Waals surface area contributed by atoms with E-state index in [0.717, 1.165) is 17.4 Å². The average Bonchev–Trinajstić information content (AvgIpc) is 2.89. The van der Waals surface area contributed by atoms with E-state index in [-0.39, 0.29) is 11.5 Å². The molecule has 3 aromatic rings. The smallest absolute Gasteiger partial charge is 0.195 e. The van der Waals surface area contributed by atoms with Crippen LogP contribution in [0.25, 0.3) is 11.0 Å². The normalized spacial score (nSPS) is 10.8. The van der Waals surface area contributed by atoms with Gasteiger partial charge in [-0.25, -0.2) is 4.98 Å². The molecule has 0 spiro atoms. The second kappa shape index (κ2) is 4.81. The van der Waals surface area contributed by atoms with Crippen molar-refractivity contribution in [2.24, 2.45) is 0 Å². The number of phenols is 1. The Balaban J connectivity index is 2.12. The highest BCUT2D eigenvalue weighted by Crippen LogP contribution is 2.22. The number of phenolic OH excluding ortho intramolecular Hbond substituents is 1. The fourth-order valence-electron chi connectivity index (χ4n) is 2.23. The van der Waals surface area contributed by atoms with Crippen LogP contribution in [0.2, 0.25) is 0 Å². The van der Waals surface area contributed by atoms with Crippen molar-refractivity contribution in [1.82, 2.24) is 9.97 Å². The number of pyridine rings is 1. The Labute approximate surface area is 116 Å². The van der Waals surface area contributed by atoms with Crippen molar-refractivity contribution in [3.8, 4) is 5.75 Å². The molecule has 0 aliphatic rings. The Bertz CT molecular complexity index is 790. The van der Waals surface area contributed by atoms with E-state index in [9.17, 15) is 9.90 Å².